The second kappa shape index (κ2) is 6.60. The molecule has 0 saturated heterocycles. The molecule has 2 atom stereocenters. The number of nitriles is 1. The summed E-state index contributed by atoms with van der Waals surface area (Å²) in [5.41, 5.74) is 0.678. The number of fused-ring (bicyclic) bond motifs is 6. The molecule has 2 unspecified atom stereocenters. The molecule has 0 bridgehead atoms. The Hall–Kier alpha value is -3.29. The van der Waals surface area contributed by atoms with E-state index in [4.69, 9.17) is 25.9 Å². The van der Waals surface area contributed by atoms with E-state index in [1.807, 2.05) is 34.2 Å². The van der Waals surface area contributed by atoms with Gasteiger partial charge in [-0.1, -0.05) is 35.0 Å². The van der Waals surface area contributed by atoms with Crippen LogP contribution in [-0.4, -0.2) is 39.1 Å². The van der Waals surface area contributed by atoms with Gasteiger partial charge < -0.3 is 9.26 Å². The lowest BCUT2D eigenvalue weighted by atomic mass is 10.0. The van der Waals surface area contributed by atoms with Crippen molar-refractivity contribution in [2.45, 2.75) is 43.1 Å². The van der Waals surface area contributed by atoms with E-state index in [2.05, 4.69) is 16.3 Å². The van der Waals surface area contributed by atoms with Gasteiger partial charge in [0.25, 0.3) is 0 Å². The van der Waals surface area contributed by atoms with Crippen molar-refractivity contribution >= 4 is 29.6 Å². The molecule has 1 saturated carbocycles. The number of aromatic nitrogens is 2. The maximum Gasteiger partial charge on any atom is 0.348 e. The molecule has 10 nitrogen and oxygen atoms in total. The summed E-state index contributed by atoms with van der Waals surface area (Å²) in [6, 6.07) is 8.16. The molecular formula is C20H19ClN8O2. The van der Waals surface area contributed by atoms with E-state index in [1.165, 1.54) is 4.90 Å². The summed E-state index contributed by atoms with van der Waals surface area (Å²) in [4.78, 5) is 12.6. The molecule has 0 radical (unpaired) electrons. The van der Waals surface area contributed by atoms with E-state index in [9.17, 15) is 5.26 Å². The highest BCUT2D eigenvalue weighted by Gasteiger charge is 2.49. The van der Waals surface area contributed by atoms with E-state index >= 15 is 0 Å². The second-order valence-corrected chi connectivity index (χ2v) is 8.26. The molecule has 11 heteroatoms. The molecule has 4 heterocycles. The summed E-state index contributed by atoms with van der Waals surface area (Å²) in [6.45, 7) is 0. The fourth-order valence-electron chi connectivity index (χ4n) is 4.80. The second-order valence-electron chi connectivity index (χ2n) is 7.87. The number of anilines is 2. The first-order valence-electron chi connectivity index (χ1n) is 10.1. The average Bonchev–Trinajstić information content (AvgIpc) is 3.58. The third kappa shape index (κ3) is 2.44. The molecule has 158 valence electrons. The molecule has 6 rings (SSSR count). The normalized spacial score (nSPS) is 25.4. The Morgan fingerprint density at radius 2 is 2.10 bits per heavy atom. The van der Waals surface area contributed by atoms with Crippen molar-refractivity contribution in [3.8, 4) is 6.19 Å². The first kappa shape index (κ1) is 18.5. The Morgan fingerprint density at radius 3 is 2.87 bits per heavy atom. The van der Waals surface area contributed by atoms with Crippen molar-refractivity contribution in [3.05, 3.63) is 47.7 Å². The molecule has 1 aliphatic carbocycles. The van der Waals surface area contributed by atoms with E-state index in [-0.39, 0.29) is 12.2 Å². The highest BCUT2D eigenvalue weighted by atomic mass is 35.5. The smallest absolute Gasteiger partial charge is 0.348 e. The molecule has 2 aromatic rings. The number of para-hydroxylation sites is 1. The molecule has 0 spiro atoms. The number of aliphatic imine (C=N–C) groups is 1. The molecule has 0 N–H and O–H groups in total. The number of ether oxygens (including phenoxy) is 1. The quantitative estimate of drug-likeness (QED) is 0.406. The number of methoxy groups -OCH3 is 1. The topological polar surface area (TPSA) is 97.3 Å². The number of benzene rings is 1. The van der Waals surface area contributed by atoms with Crippen LogP contribution in [0, 0.1) is 11.5 Å². The summed E-state index contributed by atoms with van der Waals surface area (Å²) in [7, 11) is 1.69. The number of rotatable bonds is 3. The van der Waals surface area contributed by atoms with E-state index in [0.717, 1.165) is 36.9 Å². The number of hydrazine groups is 1. The lowest BCUT2D eigenvalue weighted by molar-refractivity contribution is -0.0178. The minimum atomic E-state index is -0.682. The highest BCUT2D eigenvalue weighted by Crippen LogP contribution is 2.49. The van der Waals surface area contributed by atoms with Crippen molar-refractivity contribution in [1.82, 2.24) is 20.0 Å². The molecule has 1 fully saturated rings. The zero-order chi connectivity index (χ0) is 21.2. The fraction of sp³-hybridized carbons (Fsp3) is 0.400. The summed E-state index contributed by atoms with van der Waals surface area (Å²) < 4.78 is 11.4. The zero-order valence-corrected chi connectivity index (χ0v) is 17.5. The van der Waals surface area contributed by atoms with Gasteiger partial charge in [0, 0.05) is 12.7 Å². The third-order valence-corrected chi connectivity index (χ3v) is 6.78. The van der Waals surface area contributed by atoms with Gasteiger partial charge in [-0.05, 0) is 31.7 Å². The Labute approximate surface area is 183 Å². The number of hydrogen-bond acceptors (Lipinski definition) is 10. The minimum absolute atomic E-state index is 0.284. The van der Waals surface area contributed by atoms with Crippen molar-refractivity contribution in [3.63, 3.8) is 0 Å². The van der Waals surface area contributed by atoms with Gasteiger partial charge in [0.2, 0.25) is 5.82 Å². The first-order chi connectivity index (χ1) is 15.2. The van der Waals surface area contributed by atoms with Crippen LogP contribution in [0.1, 0.15) is 43.2 Å². The van der Waals surface area contributed by atoms with Crippen LogP contribution < -0.4 is 9.91 Å². The SMILES string of the molecule is COC1(c2noc(N3C=NC4c5ccccc5N5C(=CN(C#N)C5Cl)N43)n2)CCCC1. The number of nitrogens with zero attached hydrogens (tertiary/aromatic N) is 8. The van der Waals surface area contributed by atoms with Crippen molar-refractivity contribution < 1.29 is 9.26 Å². The molecular weight excluding hydrogens is 420 g/mol. The maximum absolute atomic E-state index is 9.54. The zero-order valence-electron chi connectivity index (χ0n) is 16.7. The predicted molar refractivity (Wildman–Crippen MR) is 111 cm³/mol. The molecule has 3 aliphatic heterocycles. The van der Waals surface area contributed by atoms with E-state index in [0.29, 0.717) is 11.6 Å². The van der Waals surface area contributed by atoms with Crippen LogP contribution in [0.3, 0.4) is 0 Å². The van der Waals surface area contributed by atoms with E-state index < -0.39 is 11.2 Å². The summed E-state index contributed by atoms with van der Waals surface area (Å²) in [6.07, 6.45) is 9.00. The summed E-state index contributed by atoms with van der Waals surface area (Å²) in [5.74, 6) is 1.24. The molecule has 0 amide bonds. The molecule has 4 aliphatic rings. The highest BCUT2D eigenvalue weighted by molar-refractivity contribution is 6.22. The lowest BCUT2D eigenvalue weighted by Crippen LogP contribution is -2.48. The van der Waals surface area contributed by atoms with Crippen molar-refractivity contribution in [2.24, 2.45) is 4.99 Å². The Morgan fingerprint density at radius 1 is 1.29 bits per heavy atom. The van der Waals surface area contributed by atoms with E-state index in [1.54, 1.807) is 24.7 Å². The number of halogens is 1. The van der Waals surface area contributed by atoms with Gasteiger partial charge in [-0.25, -0.2) is 14.9 Å². The van der Waals surface area contributed by atoms with Gasteiger partial charge in [0.1, 0.15) is 11.9 Å². The average molecular weight is 439 g/mol. The van der Waals surface area contributed by atoms with Gasteiger partial charge in [-0.15, -0.1) is 0 Å². The Bertz CT molecular complexity index is 1130. The number of alkyl halides is 1. The van der Waals surface area contributed by atoms with Crippen LogP contribution in [0.4, 0.5) is 11.7 Å². The summed E-state index contributed by atoms with van der Waals surface area (Å²) in [5, 5.41) is 17.4. The molecule has 1 aromatic carbocycles. The van der Waals surface area contributed by atoms with Gasteiger partial charge in [-0.3, -0.25) is 4.90 Å². The van der Waals surface area contributed by atoms with Crippen LogP contribution in [0.15, 0.2) is 45.8 Å². The Balaban J connectivity index is 1.42. The lowest BCUT2D eigenvalue weighted by Gasteiger charge is -2.42. The maximum atomic E-state index is 9.54. The summed E-state index contributed by atoms with van der Waals surface area (Å²) >= 11 is 6.61. The van der Waals surface area contributed by atoms with Crippen LogP contribution in [0.2, 0.25) is 0 Å². The van der Waals surface area contributed by atoms with Gasteiger partial charge in [-0.2, -0.15) is 15.3 Å². The fourth-order valence-corrected chi connectivity index (χ4v) is 5.11. The standard InChI is InChI=1S/C20H19ClN8O2/c1-30-20(8-4-5-9-20)17-24-19(31-25-17)27-12-23-16-13-6-2-3-7-14(13)28-15(29(16)27)10-26(11-22)18(28)21/h2-3,6-7,10,12,16,18H,4-5,8-9H2,1H3. The monoisotopic (exact) mass is 438 g/mol. The minimum Gasteiger partial charge on any atom is -0.370 e. The number of hydrogen-bond donors (Lipinski definition) is 0. The largest absolute Gasteiger partial charge is 0.370 e. The van der Waals surface area contributed by atoms with Gasteiger partial charge in [0.05, 0.1) is 11.9 Å². The third-order valence-electron chi connectivity index (χ3n) is 6.37. The predicted octanol–water partition coefficient (Wildman–Crippen LogP) is 3.19. The van der Waals surface area contributed by atoms with Crippen molar-refractivity contribution in [1.29, 1.82) is 5.26 Å². The van der Waals surface area contributed by atoms with Crippen LogP contribution in [-0.2, 0) is 10.3 Å². The van der Waals surface area contributed by atoms with Crippen LogP contribution in [0.5, 0.6) is 0 Å². The first-order valence-corrected chi connectivity index (χ1v) is 10.5. The van der Waals surface area contributed by atoms with Gasteiger partial charge in [0.15, 0.2) is 23.8 Å². The van der Waals surface area contributed by atoms with Crippen LogP contribution in [0.25, 0.3) is 0 Å². The molecule has 1 aromatic heterocycles. The molecule has 31 heavy (non-hydrogen) atoms. The Kier molecular flexibility index (Phi) is 3.94. The van der Waals surface area contributed by atoms with Crippen molar-refractivity contribution in [2.75, 3.05) is 17.0 Å². The van der Waals surface area contributed by atoms with Gasteiger partial charge >= 0.3 is 6.01 Å². The van der Waals surface area contributed by atoms with Crippen LogP contribution >= 0.6 is 11.6 Å².